The number of pyridine rings is 1. The van der Waals surface area contributed by atoms with E-state index in [1.165, 1.54) is 12.3 Å². The summed E-state index contributed by atoms with van der Waals surface area (Å²) < 4.78 is 0. The van der Waals surface area contributed by atoms with Crippen molar-refractivity contribution in [1.82, 2.24) is 15.2 Å². The zero-order valence-corrected chi connectivity index (χ0v) is 10.9. The van der Waals surface area contributed by atoms with Gasteiger partial charge in [0.2, 0.25) is 0 Å². The first-order chi connectivity index (χ1) is 9.13. The molecule has 0 bridgehead atoms. The number of likely N-dealkylation sites (tertiary alicyclic amines) is 1. The highest BCUT2D eigenvalue weighted by molar-refractivity contribution is 5.96. The van der Waals surface area contributed by atoms with E-state index in [9.17, 15) is 9.59 Å². The minimum absolute atomic E-state index is 0.0405. The Bertz CT molecular complexity index is 472. The van der Waals surface area contributed by atoms with Gasteiger partial charge in [0, 0.05) is 25.3 Å². The molecule has 1 aromatic heterocycles. The van der Waals surface area contributed by atoms with E-state index >= 15 is 0 Å². The van der Waals surface area contributed by atoms with Gasteiger partial charge in [-0.15, -0.1) is 0 Å². The second-order valence-corrected chi connectivity index (χ2v) is 4.65. The van der Waals surface area contributed by atoms with Crippen LogP contribution in [0.2, 0.25) is 0 Å². The van der Waals surface area contributed by atoms with Crippen molar-refractivity contribution in [2.24, 2.45) is 5.73 Å². The van der Waals surface area contributed by atoms with Crippen LogP contribution in [0, 0.1) is 0 Å². The molecule has 0 spiro atoms. The molecule has 2 heterocycles. The maximum absolute atomic E-state index is 12.4. The number of primary amides is 1. The van der Waals surface area contributed by atoms with Crippen LogP contribution in [-0.2, 0) is 0 Å². The van der Waals surface area contributed by atoms with Crippen molar-refractivity contribution in [2.75, 3.05) is 20.1 Å². The number of hydrogen-bond acceptors (Lipinski definition) is 4. The van der Waals surface area contributed by atoms with E-state index in [-0.39, 0.29) is 17.6 Å². The third-order valence-corrected chi connectivity index (χ3v) is 3.34. The number of nitrogens with two attached hydrogens (primary N) is 1. The van der Waals surface area contributed by atoms with Gasteiger partial charge in [-0.2, -0.15) is 0 Å². The topological polar surface area (TPSA) is 88.3 Å². The molecule has 2 rings (SSSR count). The van der Waals surface area contributed by atoms with Crippen LogP contribution in [0.4, 0.5) is 0 Å². The average Bonchev–Trinajstić information content (AvgIpc) is 2.87. The maximum atomic E-state index is 12.4. The van der Waals surface area contributed by atoms with Crippen molar-refractivity contribution < 1.29 is 9.59 Å². The molecular weight excluding hydrogens is 244 g/mol. The molecule has 1 aromatic rings. The lowest BCUT2D eigenvalue weighted by Crippen LogP contribution is -2.40. The number of rotatable bonds is 4. The van der Waals surface area contributed by atoms with Crippen molar-refractivity contribution in [3.8, 4) is 0 Å². The fourth-order valence-electron chi connectivity index (χ4n) is 2.38. The summed E-state index contributed by atoms with van der Waals surface area (Å²) in [6, 6.07) is 3.32. The van der Waals surface area contributed by atoms with Gasteiger partial charge in [-0.05, 0) is 32.0 Å². The Morgan fingerprint density at radius 3 is 2.89 bits per heavy atom. The maximum Gasteiger partial charge on any atom is 0.267 e. The monoisotopic (exact) mass is 262 g/mol. The summed E-state index contributed by atoms with van der Waals surface area (Å²) >= 11 is 0. The Kier molecular flexibility index (Phi) is 4.11. The van der Waals surface area contributed by atoms with Crippen molar-refractivity contribution in [1.29, 1.82) is 0 Å². The number of carbonyl (C=O) groups is 2. The standard InChI is InChI=1S/C13H18N4O2/c1-15-8-10-3-2-6-17(10)13(19)9-4-5-11(12(14)18)16-7-9/h4-5,7,10,15H,2-3,6,8H2,1H3,(H2,14,18)/t10-/m1/s1. The Morgan fingerprint density at radius 2 is 2.32 bits per heavy atom. The van der Waals surface area contributed by atoms with Crippen LogP contribution in [0.5, 0.6) is 0 Å². The van der Waals surface area contributed by atoms with E-state index in [0.717, 1.165) is 25.9 Å². The van der Waals surface area contributed by atoms with Crippen LogP contribution < -0.4 is 11.1 Å². The highest BCUT2D eigenvalue weighted by atomic mass is 16.2. The molecule has 0 radical (unpaired) electrons. The molecule has 1 aliphatic heterocycles. The van der Waals surface area contributed by atoms with E-state index in [1.54, 1.807) is 6.07 Å². The van der Waals surface area contributed by atoms with E-state index in [4.69, 9.17) is 5.73 Å². The van der Waals surface area contributed by atoms with Crippen LogP contribution in [0.1, 0.15) is 33.7 Å². The summed E-state index contributed by atoms with van der Waals surface area (Å²) in [6.07, 6.45) is 3.45. The minimum Gasteiger partial charge on any atom is -0.364 e. The van der Waals surface area contributed by atoms with Gasteiger partial charge in [0.05, 0.1) is 5.56 Å². The molecule has 1 aliphatic rings. The van der Waals surface area contributed by atoms with Crippen LogP contribution in [0.25, 0.3) is 0 Å². The summed E-state index contributed by atoms with van der Waals surface area (Å²) in [5, 5.41) is 3.10. The van der Waals surface area contributed by atoms with E-state index in [1.807, 2.05) is 11.9 Å². The van der Waals surface area contributed by atoms with Crippen molar-refractivity contribution in [3.63, 3.8) is 0 Å². The van der Waals surface area contributed by atoms with E-state index < -0.39 is 5.91 Å². The van der Waals surface area contributed by atoms with Gasteiger partial charge in [0.15, 0.2) is 0 Å². The predicted octanol–water partition coefficient (Wildman–Crippen LogP) is 0.00450. The number of hydrogen-bond donors (Lipinski definition) is 2. The number of nitrogens with zero attached hydrogens (tertiary/aromatic N) is 2. The lowest BCUT2D eigenvalue weighted by Gasteiger charge is -2.24. The average molecular weight is 262 g/mol. The van der Waals surface area contributed by atoms with Crippen molar-refractivity contribution in [2.45, 2.75) is 18.9 Å². The number of carbonyl (C=O) groups excluding carboxylic acids is 2. The van der Waals surface area contributed by atoms with Gasteiger partial charge >= 0.3 is 0 Å². The number of aromatic nitrogens is 1. The molecule has 1 atom stereocenters. The Balaban J connectivity index is 2.12. The first kappa shape index (κ1) is 13.5. The molecule has 0 aromatic carbocycles. The largest absolute Gasteiger partial charge is 0.364 e. The highest BCUT2D eigenvalue weighted by Gasteiger charge is 2.28. The Hall–Kier alpha value is -1.95. The molecule has 0 aliphatic carbocycles. The van der Waals surface area contributed by atoms with Gasteiger partial charge in [0.1, 0.15) is 5.69 Å². The number of likely N-dealkylation sites (N-methyl/N-ethyl adjacent to an activating group) is 1. The molecule has 0 saturated carbocycles. The third-order valence-electron chi connectivity index (χ3n) is 3.34. The molecule has 102 valence electrons. The molecule has 0 unspecified atom stereocenters. The Morgan fingerprint density at radius 1 is 1.53 bits per heavy atom. The first-order valence-corrected chi connectivity index (χ1v) is 6.35. The predicted molar refractivity (Wildman–Crippen MR) is 70.7 cm³/mol. The summed E-state index contributed by atoms with van der Waals surface area (Å²) in [5.74, 6) is -0.630. The second-order valence-electron chi connectivity index (χ2n) is 4.65. The quantitative estimate of drug-likeness (QED) is 0.799. The van der Waals surface area contributed by atoms with Crippen LogP contribution in [0.15, 0.2) is 18.3 Å². The van der Waals surface area contributed by atoms with Gasteiger partial charge in [-0.3, -0.25) is 14.6 Å². The fraction of sp³-hybridized carbons (Fsp3) is 0.462. The number of amides is 2. The van der Waals surface area contributed by atoms with Gasteiger partial charge < -0.3 is 16.0 Å². The lowest BCUT2D eigenvalue weighted by atomic mass is 10.2. The normalized spacial score (nSPS) is 18.6. The smallest absolute Gasteiger partial charge is 0.267 e. The zero-order chi connectivity index (χ0) is 13.8. The van der Waals surface area contributed by atoms with Crippen LogP contribution in [0.3, 0.4) is 0 Å². The summed E-state index contributed by atoms with van der Waals surface area (Å²) in [6.45, 7) is 1.56. The highest BCUT2D eigenvalue weighted by Crippen LogP contribution is 2.19. The molecule has 1 fully saturated rings. The summed E-state index contributed by atoms with van der Waals surface area (Å²) in [4.78, 5) is 29.0. The fourth-order valence-corrected chi connectivity index (χ4v) is 2.38. The zero-order valence-electron chi connectivity index (χ0n) is 10.9. The summed E-state index contributed by atoms with van der Waals surface area (Å²) in [5.41, 5.74) is 5.78. The van der Waals surface area contributed by atoms with Crippen molar-refractivity contribution >= 4 is 11.8 Å². The SMILES string of the molecule is CNC[C@H]1CCCN1C(=O)c1ccc(C(N)=O)nc1. The number of nitrogens with one attached hydrogen (secondary N) is 1. The Labute approximate surface area is 112 Å². The minimum atomic E-state index is -0.590. The van der Waals surface area contributed by atoms with Gasteiger partial charge in [0.25, 0.3) is 11.8 Å². The molecule has 2 amide bonds. The third kappa shape index (κ3) is 2.90. The molecule has 6 nitrogen and oxygen atoms in total. The molecule has 1 saturated heterocycles. The van der Waals surface area contributed by atoms with Crippen LogP contribution in [-0.4, -0.2) is 47.9 Å². The summed E-state index contributed by atoms with van der Waals surface area (Å²) in [7, 11) is 1.88. The first-order valence-electron chi connectivity index (χ1n) is 6.35. The van der Waals surface area contributed by atoms with E-state index in [0.29, 0.717) is 5.56 Å². The van der Waals surface area contributed by atoms with Gasteiger partial charge in [-0.1, -0.05) is 0 Å². The molecule has 6 heteroatoms. The van der Waals surface area contributed by atoms with Crippen molar-refractivity contribution in [3.05, 3.63) is 29.6 Å². The lowest BCUT2D eigenvalue weighted by molar-refractivity contribution is 0.0736. The molecular formula is C13H18N4O2. The molecule has 3 N–H and O–H groups in total. The van der Waals surface area contributed by atoms with E-state index in [2.05, 4.69) is 10.3 Å². The van der Waals surface area contributed by atoms with Gasteiger partial charge in [-0.25, -0.2) is 0 Å². The van der Waals surface area contributed by atoms with Crippen LogP contribution >= 0.6 is 0 Å². The molecule has 19 heavy (non-hydrogen) atoms. The second kappa shape index (κ2) is 5.79.